The van der Waals surface area contributed by atoms with E-state index in [1.54, 1.807) is 6.92 Å². The summed E-state index contributed by atoms with van der Waals surface area (Å²) in [5.41, 5.74) is 5.36. The summed E-state index contributed by atoms with van der Waals surface area (Å²) in [7, 11) is 0. The third-order valence-electron chi connectivity index (χ3n) is 2.95. The van der Waals surface area contributed by atoms with Gasteiger partial charge in [0.05, 0.1) is 12.0 Å². The van der Waals surface area contributed by atoms with Crippen molar-refractivity contribution in [1.29, 1.82) is 0 Å². The van der Waals surface area contributed by atoms with Crippen LogP contribution in [0.4, 0.5) is 13.2 Å². The Labute approximate surface area is 92.6 Å². The van der Waals surface area contributed by atoms with Gasteiger partial charge in [-0.2, -0.15) is 13.2 Å². The molecule has 6 heteroatoms. The Kier molecular flexibility index (Phi) is 4.18. The van der Waals surface area contributed by atoms with E-state index in [9.17, 15) is 18.0 Å². The average Bonchev–Trinajstić information content (AvgIpc) is 2.17. The number of amides is 1. The Balaban J connectivity index is 2.35. The van der Waals surface area contributed by atoms with Crippen molar-refractivity contribution in [2.24, 2.45) is 11.7 Å². The fourth-order valence-electron chi connectivity index (χ4n) is 1.90. The molecule has 94 valence electrons. The van der Waals surface area contributed by atoms with Gasteiger partial charge in [-0.05, 0) is 32.6 Å². The highest BCUT2D eigenvalue weighted by Gasteiger charge is 2.41. The maximum Gasteiger partial charge on any atom is 0.391 e. The zero-order valence-electron chi connectivity index (χ0n) is 9.18. The minimum absolute atomic E-state index is 0.0907. The largest absolute Gasteiger partial charge is 0.391 e. The van der Waals surface area contributed by atoms with E-state index in [4.69, 9.17) is 5.73 Å². The molecule has 0 aromatic carbocycles. The molecule has 0 radical (unpaired) electrons. The van der Waals surface area contributed by atoms with Crippen molar-refractivity contribution in [2.75, 3.05) is 0 Å². The molecule has 3 N–H and O–H groups in total. The molecule has 0 aliphatic heterocycles. The zero-order chi connectivity index (χ0) is 12.3. The standard InChI is InChI=1S/C10H17F3N2O/c1-6(14)9(16)15-8-4-2-7(3-5-8)10(11,12)13/h6-8H,2-5,14H2,1H3,(H,15,16)/t6-,7?,8?/m0/s1. The van der Waals surface area contributed by atoms with Crippen LogP contribution in [-0.4, -0.2) is 24.2 Å². The predicted octanol–water partition coefficient (Wildman–Crippen LogP) is 1.57. The number of hydrogen-bond acceptors (Lipinski definition) is 2. The molecule has 0 unspecified atom stereocenters. The summed E-state index contributed by atoms with van der Waals surface area (Å²) in [4.78, 5) is 11.2. The zero-order valence-corrected chi connectivity index (χ0v) is 9.18. The van der Waals surface area contributed by atoms with Gasteiger partial charge < -0.3 is 11.1 Å². The maximum atomic E-state index is 12.4. The fraction of sp³-hybridized carbons (Fsp3) is 0.900. The Morgan fingerprint density at radius 1 is 1.31 bits per heavy atom. The number of nitrogens with one attached hydrogen (secondary N) is 1. The average molecular weight is 238 g/mol. The monoisotopic (exact) mass is 238 g/mol. The van der Waals surface area contributed by atoms with E-state index in [1.807, 2.05) is 0 Å². The Morgan fingerprint density at radius 2 is 1.81 bits per heavy atom. The predicted molar refractivity (Wildman–Crippen MR) is 53.6 cm³/mol. The maximum absolute atomic E-state index is 12.4. The molecule has 1 atom stereocenters. The van der Waals surface area contributed by atoms with Gasteiger partial charge in [-0.15, -0.1) is 0 Å². The molecule has 0 aromatic rings. The van der Waals surface area contributed by atoms with E-state index in [0.717, 1.165) is 0 Å². The van der Waals surface area contributed by atoms with Crippen molar-refractivity contribution >= 4 is 5.91 Å². The van der Waals surface area contributed by atoms with Crippen molar-refractivity contribution in [2.45, 2.75) is 50.9 Å². The van der Waals surface area contributed by atoms with E-state index in [1.165, 1.54) is 0 Å². The van der Waals surface area contributed by atoms with Crippen molar-refractivity contribution in [3.63, 3.8) is 0 Å². The van der Waals surface area contributed by atoms with Crippen molar-refractivity contribution in [3.05, 3.63) is 0 Å². The summed E-state index contributed by atoms with van der Waals surface area (Å²) in [5, 5.41) is 2.66. The van der Waals surface area contributed by atoms with Crippen molar-refractivity contribution < 1.29 is 18.0 Å². The lowest BCUT2D eigenvalue weighted by Crippen LogP contribution is -2.46. The second kappa shape index (κ2) is 5.03. The number of nitrogens with two attached hydrogens (primary N) is 1. The van der Waals surface area contributed by atoms with Gasteiger partial charge in [0.1, 0.15) is 0 Å². The fourth-order valence-corrected chi connectivity index (χ4v) is 1.90. The lowest BCUT2D eigenvalue weighted by Gasteiger charge is -2.30. The smallest absolute Gasteiger partial charge is 0.352 e. The molecule has 1 aliphatic rings. The molecule has 0 aromatic heterocycles. The van der Waals surface area contributed by atoms with Crippen LogP contribution in [0.15, 0.2) is 0 Å². The second-order valence-electron chi connectivity index (χ2n) is 4.39. The van der Waals surface area contributed by atoms with Gasteiger partial charge in [0, 0.05) is 6.04 Å². The van der Waals surface area contributed by atoms with Crippen LogP contribution in [0.2, 0.25) is 0 Å². The number of rotatable bonds is 2. The molecule has 0 spiro atoms. The van der Waals surface area contributed by atoms with Gasteiger partial charge in [-0.3, -0.25) is 4.79 Å². The summed E-state index contributed by atoms with van der Waals surface area (Å²) in [6.07, 6.45) is -3.16. The van der Waals surface area contributed by atoms with Crippen LogP contribution in [0.5, 0.6) is 0 Å². The summed E-state index contributed by atoms with van der Waals surface area (Å²) < 4.78 is 37.1. The van der Waals surface area contributed by atoms with Crippen LogP contribution < -0.4 is 11.1 Å². The van der Waals surface area contributed by atoms with Crippen molar-refractivity contribution in [1.82, 2.24) is 5.32 Å². The third kappa shape index (κ3) is 3.66. The summed E-state index contributed by atoms with van der Waals surface area (Å²) in [5.74, 6) is -1.51. The number of carbonyl (C=O) groups excluding carboxylic acids is 1. The lowest BCUT2D eigenvalue weighted by molar-refractivity contribution is -0.182. The third-order valence-corrected chi connectivity index (χ3v) is 2.95. The molecule has 0 heterocycles. The first-order valence-corrected chi connectivity index (χ1v) is 5.43. The van der Waals surface area contributed by atoms with Crippen LogP contribution in [0.3, 0.4) is 0 Å². The highest BCUT2D eigenvalue weighted by Crippen LogP contribution is 2.37. The molecule has 1 rings (SSSR count). The highest BCUT2D eigenvalue weighted by atomic mass is 19.4. The molecule has 1 saturated carbocycles. The SMILES string of the molecule is C[C@H](N)C(=O)NC1CCC(C(F)(F)F)CC1. The summed E-state index contributed by atoms with van der Waals surface area (Å²) >= 11 is 0. The summed E-state index contributed by atoms with van der Waals surface area (Å²) in [6, 6.07) is -0.766. The number of hydrogen-bond donors (Lipinski definition) is 2. The first kappa shape index (κ1) is 13.3. The molecular formula is C10H17F3N2O. The molecule has 1 amide bonds. The van der Waals surface area contributed by atoms with Gasteiger partial charge >= 0.3 is 6.18 Å². The van der Waals surface area contributed by atoms with Crippen LogP contribution in [0, 0.1) is 5.92 Å². The normalized spacial score (nSPS) is 28.6. The molecule has 16 heavy (non-hydrogen) atoms. The highest BCUT2D eigenvalue weighted by molar-refractivity contribution is 5.81. The van der Waals surface area contributed by atoms with Gasteiger partial charge in [0.25, 0.3) is 0 Å². The summed E-state index contributed by atoms with van der Waals surface area (Å²) in [6.45, 7) is 1.55. The van der Waals surface area contributed by atoms with Crippen LogP contribution in [-0.2, 0) is 4.79 Å². The minimum atomic E-state index is -4.10. The Morgan fingerprint density at radius 3 is 2.19 bits per heavy atom. The van der Waals surface area contributed by atoms with Gasteiger partial charge in [0.2, 0.25) is 5.91 Å². The Bertz CT molecular complexity index is 245. The van der Waals surface area contributed by atoms with Crippen molar-refractivity contribution in [3.8, 4) is 0 Å². The van der Waals surface area contributed by atoms with Gasteiger partial charge in [0.15, 0.2) is 0 Å². The topological polar surface area (TPSA) is 55.1 Å². The number of carbonyl (C=O) groups is 1. The molecule has 0 bridgehead atoms. The van der Waals surface area contributed by atoms with Crippen LogP contribution in [0.1, 0.15) is 32.6 Å². The molecular weight excluding hydrogens is 221 g/mol. The van der Waals surface area contributed by atoms with E-state index in [-0.39, 0.29) is 24.8 Å². The van der Waals surface area contributed by atoms with Crippen LogP contribution in [0.25, 0.3) is 0 Å². The molecule has 1 fully saturated rings. The Hall–Kier alpha value is -0.780. The number of halogens is 3. The van der Waals surface area contributed by atoms with Gasteiger partial charge in [-0.25, -0.2) is 0 Å². The second-order valence-corrected chi connectivity index (χ2v) is 4.39. The lowest BCUT2D eigenvalue weighted by atomic mass is 9.85. The molecule has 0 saturated heterocycles. The molecule has 1 aliphatic carbocycles. The molecule has 3 nitrogen and oxygen atoms in total. The van der Waals surface area contributed by atoms with Gasteiger partial charge in [-0.1, -0.05) is 0 Å². The minimum Gasteiger partial charge on any atom is -0.352 e. The van der Waals surface area contributed by atoms with E-state index >= 15 is 0 Å². The van der Waals surface area contributed by atoms with Crippen LogP contribution >= 0.6 is 0 Å². The first-order valence-electron chi connectivity index (χ1n) is 5.43. The van der Waals surface area contributed by atoms with E-state index < -0.39 is 18.1 Å². The van der Waals surface area contributed by atoms with E-state index in [2.05, 4.69) is 5.32 Å². The number of alkyl halides is 3. The first-order chi connectivity index (χ1) is 7.30. The van der Waals surface area contributed by atoms with E-state index in [0.29, 0.717) is 12.8 Å². The quantitative estimate of drug-likeness (QED) is 0.767.